The van der Waals surface area contributed by atoms with Crippen LogP contribution in [-0.4, -0.2) is 48.2 Å². The second kappa shape index (κ2) is 9.01. The van der Waals surface area contributed by atoms with Gasteiger partial charge in [0.2, 0.25) is 10.0 Å². The molecule has 4 rings (SSSR count). The molecule has 3 heterocycles. The van der Waals surface area contributed by atoms with Gasteiger partial charge in [0.05, 0.1) is 29.1 Å². The zero-order valence-corrected chi connectivity index (χ0v) is 19.2. The molecule has 1 aliphatic rings. The Bertz CT molecular complexity index is 1280. The number of piperazine rings is 1. The van der Waals surface area contributed by atoms with Crippen LogP contribution in [0.4, 0.5) is 0 Å². The highest BCUT2D eigenvalue weighted by Crippen LogP contribution is 2.19. The molecule has 1 aromatic carbocycles. The summed E-state index contributed by atoms with van der Waals surface area (Å²) in [6, 6.07) is 12.2. The monoisotopic (exact) mass is 456 g/mol. The third-order valence-corrected chi connectivity index (χ3v) is 7.83. The number of fused-ring (bicyclic) bond motifs is 1. The average molecular weight is 457 g/mol. The smallest absolute Gasteiger partial charge is 0.346 e. The Morgan fingerprint density at radius 2 is 1.72 bits per heavy atom. The first-order chi connectivity index (χ1) is 15.3. The Hall–Kier alpha value is -2.75. The van der Waals surface area contributed by atoms with Crippen molar-refractivity contribution in [1.82, 2.24) is 13.6 Å². The molecule has 0 bridgehead atoms. The first kappa shape index (κ1) is 22.4. The highest BCUT2D eigenvalue weighted by atomic mass is 32.2. The van der Waals surface area contributed by atoms with Crippen molar-refractivity contribution >= 4 is 15.7 Å². The van der Waals surface area contributed by atoms with Gasteiger partial charge in [-0.3, -0.25) is 4.90 Å². The fourth-order valence-corrected chi connectivity index (χ4v) is 5.54. The minimum Gasteiger partial charge on any atom is -0.842 e. The minimum absolute atomic E-state index is 0.206. The van der Waals surface area contributed by atoms with E-state index < -0.39 is 10.0 Å². The van der Waals surface area contributed by atoms with E-state index in [1.165, 1.54) is 8.71 Å². The highest BCUT2D eigenvalue weighted by molar-refractivity contribution is 7.89. The van der Waals surface area contributed by atoms with E-state index in [4.69, 9.17) is 0 Å². The van der Waals surface area contributed by atoms with E-state index >= 15 is 0 Å². The SMILES string of the molecule is CCC[n+]1c([O-])c(CN2CCN(S(=O)(=O)c3ccc(C)cc3)CC2)c(=O)n2ccccc21. The van der Waals surface area contributed by atoms with Gasteiger partial charge in [0, 0.05) is 38.8 Å². The van der Waals surface area contributed by atoms with Gasteiger partial charge in [-0.15, -0.1) is 0 Å². The molecule has 0 atom stereocenters. The lowest BCUT2D eigenvalue weighted by Gasteiger charge is -2.34. The molecule has 1 aliphatic heterocycles. The molecular formula is C23H28N4O4S. The quantitative estimate of drug-likeness (QED) is 0.514. The van der Waals surface area contributed by atoms with Gasteiger partial charge >= 0.3 is 5.56 Å². The first-order valence-electron chi connectivity index (χ1n) is 10.8. The van der Waals surface area contributed by atoms with E-state index in [0.29, 0.717) is 38.4 Å². The Labute approximate surface area is 188 Å². The summed E-state index contributed by atoms with van der Waals surface area (Å²) in [6.07, 6.45) is 2.45. The number of hydrogen-bond donors (Lipinski definition) is 0. The third kappa shape index (κ3) is 4.15. The number of benzene rings is 1. The first-order valence-corrected chi connectivity index (χ1v) is 12.3. The van der Waals surface area contributed by atoms with E-state index in [1.54, 1.807) is 47.2 Å². The van der Waals surface area contributed by atoms with Gasteiger partial charge < -0.3 is 5.11 Å². The van der Waals surface area contributed by atoms with Crippen LogP contribution in [0.1, 0.15) is 24.5 Å². The predicted octanol–water partition coefficient (Wildman–Crippen LogP) is 0.886. The molecule has 0 unspecified atom stereocenters. The van der Waals surface area contributed by atoms with Crippen LogP contribution in [0, 0.1) is 6.92 Å². The van der Waals surface area contributed by atoms with Crippen molar-refractivity contribution in [2.45, 2.75) is 38.3 Å². The molecule has 0 saturated carbocycles. The average Bonchev–Trinajstić information content (AvgIpc) is 2.80. The minimum atomic E-state index is -3.56. The van der Waals surface area contributed by atoms with Crippen molar-refractivity contribution in [2.75, 3.05) is 26.2 Å². The molecule has 0 amide bonds. The summed E-state index contributed by atoms with van der Waals surface area (Å²) in [5.41, 5.74) is 1.50. The van der Waals surface area contributed by atoms with E-state index in [9.17, 15) is 18.3 Å². The van der Waals surface area contributed by atoms with Crippen LogP contribution in [0.15, 0.2) is 58.4 Å². The Kier molecular flexibility index (Phi) is 6.32. The molecule has 2 aromatic heterocycles. The molecule has 1 fully saturated rings. The van der Waals surface area contributed by atoms with Gasteiger partial charge in [-0.1, -0.05) is 30.7 Å². The lowest BCUT2D eigenvalue weighted by molar-refractivity contribution is -0.716. The van der Waals surface area contributed by atoms with E-state index in [2.05, 4.69) is 0 Å². The molecule has 0 radical (unpaired) electrons. The van der Waals surface area contributed by atoms with Crippen LogP contribution in [0.2, 0.25) is 0 Å². The van der Waals surface area contributed by atoms with Crippen molar-refractivity contribution in [3.8, 4) is 5.88 Å². The van der Waals surface area contributed by atoms with Crippen LogP contribution in [0.5, 0.6) is 5.88 Å². The maximum atomic E-state index is 13.1. The predicted molar refractivity (Wildman–Crippen MR) is 119 cm³/mol. The summed E-state index contributed by atoms with van der Waals surface area (Å²) in [4.78, 5) is 15.3. The lowest BCUT2D eigenvalue weighted by atomic mass is 10.2. The van der Waals surface area contributed by atoms with E-state index in [0.717, 1.165) is 12.0 Å². The molecule has 170 valence electrons. The second-order valence-corrected chi connectivity index (χ2v) is 10.1. The molecule has 0 aliphatic carbocycles. The summed E-state index contributed by atoms with van der Waals surface area (Å²) >= 11 is 0. The second-order valence-electron chi connectivity index (χ2n) is 8.16. The molecular weight excluding hydrogens is 428 g/mol. The molecule has 32 heavy (non-hydrogen) atoms. The van der Waals surface area contributed by atoms with Crippen molar-refractivity contribution in [3.05, 3.63) is 70.1 Å². The summed E-state index contributed by atoms with van der Waals surface area (Å²) < 4.78 is 30.5. The van der Waals surface area contributed by atoms with E-state index in [1.807, 2.05) is 24.8 Å². The van der Waals surface area contributed by atoms with Crippen LogP contribution in [-0.2, 0) is 23.1 Å². The number of nitrogens with zero attached hydrogens (tertiary/aromatic N) is 4. The van der Waals surface area contributed by atoms with Gasteiger partial charge in [0.15, 0.2) is 0 Å². The molecule has 9 heteroatoms. The Balaban J connectivity index is 1.55. The normalized spacial score (nSPS) is 15.9. The number of rotatable bonds is 6. The largest absolute Gasteiger partial charge is 0.842 e. The number of sulfonamides is 1. The van der Waals surface area contributed by atoms with Crippen molar-refractivity contribution in [2.24, 2.45) is 0 Å². The molecule has 8 nitrogen and oxygen atoms in total. The number of pyridine rings is 1. The van der Waals surface area contributed by atoms with Gasteiger partial charge in [0.1, 0.15) is 0 Å². The van der Waals surface area contributed by atoms with Gasteiger partial charge in [-0.25, -0.2) is 17.8 Å². The van der Waals surface area contributed by atoms with Crippen molar-refractivity contribution < 1.29 is 18.1 Å². The lowest BCUT2D eigenvalue weighted by Crippen LogP contribution is -2.50. The number of hydrogen-bond acceptors (Lipinski definition) is 5. The fourth-order valence-electron chi connectivity index (χ4n) is 4.12. The molecule has 0 spiro atoms. The topological polar surface area (TPSA) is 89.0 Å². The molecule has 1 saturated heterocycles. The summed E-state index contributed by atoms with van der Waals surface area (Å²) in [5, 5.41) is 13.1. The standard InChI is InChI=1S/C23H28N4O4S/c1-3-11-26-21-6-4-5-12-27(21)23(29)20(22(26)28)17-24-13-15-25(16-14-24)32(30,31)19-9-7-18(2)8-10-19/h4-10,12H,3,11,13-17H2,1-2H3. The van der Waals surface area contributed by atoms with Crippen LogP contribution in [0.3, 0.4) is 0 Å². The number of aryl methyl sites for hydroxylation is 2. The third-order valence-electron chi connectivity index (χ3n) is 5.91. The zero-order chi connectivity index (χ0) is 22.9. The Morgan fingerprint density at radius 1 is 1.03 bits per heavy atom. The maximum absolute atomic E-state index is 13.1. The van der Waals surface area contributed by atoms with Crippen molar-refractivity contribution in [1.29, 1.82) is 0 Å². The zero-order valence-electron chi connectivity index (χ0n) is 18.4. The summed E-state index contributed by atoms with van der Waals surface area (Å²) in [6.45, 7) is 6.18. The Morgan fingerprint density at radius 3 is 2.38 bits per heavy atom. The van der Waals surface area contributed by atoms with Crippen LogP contribution < -0.4 is 15.2 Å². The van der Waals surface area contributed by atoms with E-state index in [-0.39, 0.29) is 28.4 Å². The van der Waals surface area contributed by atoms with Crippen molar-refractivity contribution in [3.63, 3.8) is 0 Å². The molecule has 3 aromatic rings. The van der Waals surface area contributed by atoms with Gasteiger partial charge in [-0.05, 0) is 31.5 Å². The molecule has 0 N–H and O–H groups in total. The van der Waals surface area contributed by atoms with Crippen LogP contribution >= 0.6 is 0 Å². The summed E-state index contributed by atoms with van der Waals surface area (Å²) in [7, 11) is -3.56. The number of aromatic nitrogens is 2. The maximum Gasteiger partial charge on any atom is 0.346 e. The summed E-state index contributed by atoms with van der Waals surface area (Å²) in [5.74, 6) is -0.266. The van der Waals surface area contributed by atoms with Gasteiger partial charge in [0.25, 0.3) is 5.65 Å². The highest BCUT2D eigenvalue weighted by Gasteiger charge is 2.29. The van der Waals surface area contributed by atoms with Gasteiger partial charge in [-0.2, -0.15) is 8.71 Å². The van der Waals surface area contributed by atoms with Crippen LogP contribution in [0.25, 0.3) is 5.65 Å². The fraction of sp³-hybridized carbons (Fsp3) is 0.391.